The summed E-state index contributed by atoms with van der Waals surface area (Å²) >= 11 is 0. The van der Waals surface area contributed by atoms with E-state index < -0.39 is 0 Å². The zero-order valence-electron chi connectivity index (χ0n) is 9.96. The molecule has 0 aliphatic carbocycles. The van der Waals surface area contributed by atoms with Crippen LogP contribution in [0.15, 0.2) is 36.7 Å². The lowest BCUT2D eigenvalue weighted by atomic mass is 10.3. The van der Waals surface area contributed by atoms with Gasteiger partial charge in [-0.25, -0.2) is 5.84 Å². The summed E-state index contributed by atoms with van der Waals surface area (Å²) in [6.45, 7) is 2.57. The van der Waals surface area contributed by atoms with Crippen LogP contribution in [0.25, 0.3) is 0 Å². The molecule has 0 amide bonds. The highest BCUT2D eigenvalue weighted by atomic mass is 16.5. The summed E-state index contributed by atoms with van der Waals surface area (Å²) in [4.78, 5) is 8.04. The van der Waals surface area contributed by atoms with Gasteiger partial charge in [0, 0.05) is 0 Å². The average Bonchev–Trinajstić information content (AvgIpc) is 2.42. The third kappa shape index (κ3) is 3.08. The quantitative estimate of drug-likeness (QED) is 0.620. The van der Waals surface area contributed by atoms with Crippen molar-refractivity contribution in [2.45, 2.75) is 6.92 Å². The normalized spacial score (nSPS) is 9.89. The van der Waals surface area contributed by atoms with E-state index >= 15 is 0 Å². The lowest BCUT2D eigenvalue weighted by Gasteiger charge is -2.07. The van der Waals surface area contributed by atoms with E-state index in [9.17, 15) is 0 Å². The molecular weight excluding hydrogens is 232 g/mol. The van der Waals surface area contributed by atoms with Crippen LogP contribution in [0.4, 0.5) is 5.82 Å². The maximum absolute atomic E-state index is 5.53. The number of rotatable bonds is 5. The molecule has 3 N–H and O–H groups in total. The molecule has 0 unspecified atom stereocenters. The number of hydrogen-bond donors (Lipinski definition) is 2. The maximum atomic E-state index is 5.53. The molecular formula is C12H14N4O2. The lowest BCUT2D eigenvalue weighted by Crippen LogP contribution is -2.08. The van der Waals surface area contributed by atoms with E-state index in [0.29, 0.717) is 24.1 Å². The molecule has 0 saturated heterocycles. The standard InChI is InChI=1S/C12H14N4O2/c1-2-17-9-3-5-10(6-4-9)18-12-8-14-7-11(15-12)16-13/h3-8H,2,13H2,1H3,(H,15,16). The van der Waals surface area contributed by atoms with Crippen molar-refractivity contribution < 1.29 is 9.47 Å². The van der Waals surface area contributed by atoms with E-state index in [1.165, 1.54) is 12.4 Å². The van der Waals surface area contributed by atoms with Crippen molar-refractivity contribution in [3.05, 3.63) is 36.7 Å². The number of hydrazine groups is 1. The number of nitrogens with zero attached hydrogens (tertiary/aromatic N) is 2. The Bertz CT molecular complexity index is 502. The molecule has 6 nitrogen and oxygen atoms in total. The second-order valence-corrected chi connectivity index (χ2v) is 3.39. The predicted molar refractivity (Wildman–Crippen MR) is 67.5 cm³/mol. The van der Waals surface area contributed by atoms with Gasteiger partial charge in [-0.15, -0.1) is 0 Å². The van der Waals surface area contributed by atoms with E-state index in [4.69, 9.17) is 15.3 Å². The first-order valence-corrected chi connectivity index (χ1v) is 5.51. The number of benzene rings is 1. The summed E-state index contributed by atoms with van der Waals surface area (Å²) < 4.78 is 10.9. The van der Waals surface area contributed by atoms with E-state index in [1.807, 2.05) is 19.1 Å². The molecule has 0 bridgehead atoms. The number of ether oxygens (including phenoxy) is 2. The van der Waals surface area contributed by atoms with Gasteiger partial charge in [0.1, 0.15) is 11.5 Å². The van der Waals surface area contributed by atoms with Crippen LogP contribution in [0.2, 0.25) is 0 Å². The highest BCUT2D eigenvalue weighted by molar-refractivity contribution is 5.35. The Labute approximate surface area is 105 Å². The summed E-state index contributed by atoms with van der Waals surface area (Å²) in [5.74, 6) is 7.51. The number of nitrogens with two attached hydrogens (primary N) is 1. The van der Waals surface area contributed by atoms with Crippen molar-refractivity contribution in [2.75, 3.05) is 12.0 Å². The topological polar surface area (TPSA) is 82.3 Å². The highest BCUT2D eigenvalue weighted by Crippen LogP contribution is 2.22. The van der Waals surface area contributed by atoms with Crippen LogP contribution in [0.3, 0.4) is 0 Å². The largest absolute Gasteiger partial charge is 0.494 e. The minimum Gasteiger partial charge on any atom is -0.494 e. The fourth-order valence-corrected chi connectivity index (χ4v) is 1.36. The van der Waals surface area contributed by atoms with E-state index in [1.54, 1.807) is 12.1 Å². The molecule has 0 fully saturated rings. The van der Waals surface area contributed by atoms with Crippen molar-refractivity contribution in [3.63, 3.8) is 0 Å². The summed E-state index contributed by atoms with van der Waals surface area (Å²) in [5, 5.41) is 0. The van der Waals surface area contributed by atoms with Gasteiger partial charge in [-0.2, -0.15) is 4.98 Å². The summed E-state index contributed by atoms with van der Waals surface area (Å²) in [6, 6.07) is 7.26. The maximum Gasteiger partial charge on any atom is 0.239 e. The Morgan fingerprint density at radius 1 is 1.17 bits per heavy atom. The minimum absolute atomic E-state index is 0.370. The molecule has 0 atom stereocenters. The molecule has 0 aliphatic heterocycles. The smallest absolute Gasteiger partial charge is 0.239 e. The van der Waals surface area contributed by atoms with Crippen molar-refractivity contribution in [1.29, 1.82) is 0 Å². The Morgan fingerprint density at radius 3 is 2.56 bits per heavy atom. The Hall–Kier alpha value is -2.34. The van der Waals surface area contributed by atoms with E-state index in [-0.39, 0.29) is 0 Å². The number of anilines is 1. The monoisotopic (exact) mass is 246 g/mol. The van der Waals surface area contributed by atoms with Crippen LogP contribution in [0.5, 0.6) is 17.4 Å². The molecule has 0 saturated carbocycles. The summed E-state index contributed by atoms with van der Waals surface area (Å²) in [6.07, 6.45) is 3.02. The van der Waals surface area contributed by atoms with Gasteiger partial charge in [0.25, 0.3) is 0 Å². The molecule has 18 heavy (non-hydrogen) atoms. The third-order valence-corrected chi connectivity index (χ3v) is 2.12. The minimum atomic E-state index is 0.370. The van der Waals surface area contributed by atoms with Gasteiger partial charge in [0.05, 0.1) is 19.0 Å². The van der Waals surface area contributed by atoms with Crippen LogP contribution in [-0.2, 0) is 0 Å². The number of nitrogen functional groups attached to an aromatic ring is 1. The molecule has 6 heteroatoms. The van der Waals surface area contributed by atoms with Gasteiger partial charge in [-0.1, -0.05) is 0 Å². The van der Waals surface area contributed by atoms with Crippen LogP contribution in [0.1, 0.15) is 6.92 Å². The fourth-order valence-electron chi connectivity index (χ4n) is 1.36. The van der Waals surface area contributed by atoms with Gasteiger partial charge in [-0.05, 0) is 31.2 Å². The van der Waals surface area contributed by atoms with Crippen LogP contribution in [0, 0.1) is 0 Å². The molecule has 2 aromatic rings. The van der Waals surface area contributed by atoms with Crippen molar-refractivity contribution in [1.82, 2.24) is 9.97 Å². The Kier molecular flexibility index (Phi) is 3.93. The Balaban J connectivity index is 2.08. The zero-order valence-corrected chi connectivity index (χ0v) is 9.96. The highest BCUT2D eigenvalue weighted by Gasteiger charge is 2.01. The number of nitrogens with one attached hydrogen (secondary N) is 1. The molecule has 1 heterocycles. The van der Waals surface area contributed by atoms with E-state index in [2.05, 4.69) is 15.4 Å². The fraction of sp³-hybridized carbons (Fsp3) is 0.167. The first-order valence-electron chi connectivity index (χ1n) is 5.51. The van der Waals surface area contributed by atoms with Crippen LogP contribution >= 0.6 is 0 Å². The first-order chi connectivity index (χ1) is 8.81. The molecule has 0 aliphatic rings. The molecule has 2 rings (SSSR count). The summed E-state index contributed by atoms with van der Waals surface area (Å²) in [7, 11) is 0. The Morgan fingerprint density at radius 2 is 1.89 bits per heavy atom. The molecule has 0 radical (unpaired) electrons. The van der Waals surface area contributed by atoms with Gasteiger partial charge in [-0.3, -0.25) is 4.98 Å². The SMILES string of the molecule is CCOc1ccc(Oc2cncc(NN)n2)cc1. The van der Waals surface area contributed by atoms with Crippen molar-refractivity contribution >= 4 is 5.82 Å². The van der Waals surface area contributed by atoms with Gasteiger partial charge >= 0.3 is 0 Å². The third-order valence-electron chi connectivity index (χ3n) is 2.12. The van der Waals surface area contributed by atoms with E-state index in [0.717, 1.165) is 5.75 Å². The molecule has 0 spiro atoms. The first kappa shape index (κ1) is 12.1. The van der Waals surface area contributed by atoms with Gasteiger partial charge < -0.3 is 14.9 Å². The lowest BCUT2D eigenvalue weighted by molar-refractivity contribution is 0.339. The van der Waals surface area contributed by atoms with Gasteiger partial charge in [0.15, 0.2) is 5.82 Å². The average molecular weight is 246 g/mol. The zero-order chi connectivity index (χ0) is 12.8. The molecule has 94 valence electrons. The predicted octanol–water partition coefficient (Wildman–Crippen LogP) is 1.95. The second-order valence-electron chi connectivity index (χ2n) is 3.39. The summed E-state index contributed by atoms with van der Waals surface area (Å²) in [5.41, 5.74) is 2.41. The van der Waals surface area contributed by atoms with Crippen LogP contribution in [-0.4, -0.2) is 16.6 Å². The molecule has 1 aromatic carbocycles. The van der Waals surface area contributed by atoms with Crippen molar-refractivity contribution in [2.24, 2.45) is 5.84 Å². The van der Waals surface area contributed by atoms with Gasteiger partial charge in [0.2, 0.25) is 5.88 Å². The number of aromatic nitrogens is 2. The van der Waals surface area contributed by atoms with Crippen molar-refractivity contribution in [3.8, 4) is 17.4 Å². The van der Waals surface area contributed by atoms with Crippen LogP contribution < -0.4 is 20.7 Å². The molecule has 1 aromatic heterocycles. The number of hydrogen-bond acceptors (Lipinski definition) is 6. The second kappa shape index (κ2) is 5.83.